The van der Waals surface area contributed by atoms with E-state index in [4.69, 9.17) is 4.42 Å². The molecule has 4 rings (SSSR count). The van der Waals surface area contributed by atoms with Crippen molar-refractivity contribution < 1.29 is 18.4 Å². The molecular weight excluding hydrogens is 337 g/mol. The zero-order chi connectivity index (χ0) is 18.1. The summed E-state index contributed by atoms with van der Waals surface area (Å²) < 4.78 is 19.4. The number of halogens is 1. The van der Waals surface area contributed by atoms with Gasteiger partial charge in [0.1, 0.15) is 5.82 Å². The Kier molecular flexibility index (Phi) is 4.44. The van der Waals surface area contributed by atoms with Crippen LogP contribution in [-0.4, -0.2) is 40.8 Å². The second kappa shape index (κ2) is 6.90. The van der Waals surface area contributed by atoms with Gasteiger partial charge in [0, 0.05) is 25.9 Å². The Labute approximate surface area is 150 Å². The fraction of sp³-hybridized carbons (Fsp3) is 0.421. The van der Waals surface area contributed by atoms with E-state index in [0.717, 1.165) is 12.8 Å². The number of aromatic nitrogens is 1. The number of aryl methyl sites for hydroxylation is 1. The van der Waals surface area contributed by atoms with Crippen LogP contribution in [0.5, 0.6) is 0 Å². The van der Waals surface area contributed by atoms with Crippen LogP contribution < -0.4 is 5.32 Å². The highest BCUT2D eigenvalue weighted by atomic mass is 19.1. The van der Waals surface area contributed by atoms with E-state index >= 15 is 0 Å². The molecule has 0 saturated carbocycles. The van der Waals surface area contributed by atoms with Gasteiger partial charge < -0.3 is 14.6 Å². The zero-order valence-electron chi connectivity index (χ0n) is 14.3. The lowest BCUT2D eigenvalue weighted by molar-refractivity contribution is -0.136. The van der Waals surface area contributed by atoms with Crippen LogP contribution in [0.2, 0.25) is 0 Å². The minimum Gasteiger partial charge on any atom is -0.441 e. The standard InChI is InChI=1S/C19H20FN3O3/c20-14-6-2-1-4-12(14)16-11-21-17(26-16)7-8-18(24)23-9-3-5-13-15(23)10-22-19(13)25/h1-2,4,6,11,13,15H,3,5,7-10H2,(H,22,25)/t13-,15-/m1/s1. The number of carbonyl (C=O) groups excluding carboxylic acids is 2. The van der Waals surface area contributed by atoms with Gasteiger partial charge in [-0.05, 0) is 25.0 Å². The second-order valence-electron chi connectivity index (χ2n) is 6.75. The van der Waals surface area contributed by atoms with E-state index in [0.29, 0.717) is 36.7 Å². The number of hydrogen-bond donors (Lipinski definition) is 1. The van der Waals surface area contributed by atoms with E-state index < -0.39 is 0 Å². The first-order valence-electron chi connectivity index (χ1n) is 8.90. The molecule has 0 unspecified atom stereocenters. The van der Waals surface area contributed by atoms with E-state index in [2.05, 4.69) is 10.3 Å². The molecule has 0 spiro atoms. The molecule has 1 aromatic carbocycles. The summed E-state index contributed by atoms with van der Waals surface area (Å²) in [7, 11) is 0. The Hall–Kier alpha value is -2.70. The largest absolute Gasteiger partial charge is 0.441 e. The van der Waals surface area contributed by atoms with Gasteiger partial charge in [-0.3, -0.25) is 9.59 Å². The number of piperidine rings is 1. The number of nitrogens with one attached hydrogen (secondary N) is 1. The lowest BCUT2D eigenvalue weighted by atomic mass is 9.91. The Morgan fingerprint density at radius 1 is 1.38 bits per heavy atom. The predicted molar refractivity (Wildman–Crippen MR) is 91.5 cm³/mol. The van der Waals surface area contributed by atoms with E-state index in [9.17, 15) is 14.0 Å². The van der Waals surface area contributed by atoms with Crippen LogP contribution in [0, 0.1) is 11.7 Å². The Morgan fingerprint density at radius 3 is 3.08 bits per heavy atom. The quantitative estimate of drug-likeness (QED) is 0.910. The van der Waals surface area contributed by atoms with Crippen molar-refractivity contribution in [1.29, 1.82) is 0 Å². The number of oxazole rings is 1. The van der Waals surface area contributed by atoms with Gasteiger partial charge in [0.15, 0.2) is 11.7 Å². The summed E-state index contributed by atoms with van der Waals surface area (Å²) in [5.74, 6) is 0.364. The summed E-state index contributed by atoms with van der Waals surface area (Å²) in [6.45, 7) is 1.21. The molecule has 3 heterocycles. The maximum Gasteiger partial charge on any atom is 0.225 e. The maximum absolute atomic E-state index is 13.8. The molecule has 7 heteroatoms. The molecule has 2 atom stereocenters. The second-order valence-corrected chi connectivity index (χ2v) is 6.75. The van der Waals surface area contributed by atoms with Crippen LogP contribution in [0.1, 0.15) is 25.2 Å². The minimum absolute atomic E-state index is 0.00171. The van der Waals surface area contributed by atoms with Crippen LogP contribution in [-0.2, 0) is 16.0 Å². The molecule has 26 heavy (non-hydrogen) atoms. The smallest absolute Gasteiger partial charge is 0.225 e. The van der Waals surface area contributed by atoms with Gasteiger partial charge in [0.25, 0.3) is 0 Å². The van der Waals surface area contributed by atoms with Crippen molar-refractivity contribution in [2.45, 2.75) is 31.7 Å². The first kappa shape index (κ1) is 16.8. The van der Waals surface area contributed by atoms with Crippen molar-refractivity contribution >= 4 is 11.8 Å². The van der Waals surface area contributed by atoms with E-state index in [1.165, 1.54) is 12.3 Å². The number of nitrogens with zero attached hydrogens (tertiary/aromatic N) is 2. The third-order valence-electron chi connectivity index (χ3n) is 5.17. The highest BCUT2D eigenvalue weighted by molar-refractivity contribution is 5.84. The Balaban J connectivity index is 1.39. The number of likely N-dealkylation sites (tertiary alicyclic amines) is 1. The van der Waals surface area contributed by atoms with Gasteiger partial charge in [-0.2, -0.15) is 0 Å². The molecule has 136 valence electrons. The van der Waals surface area contributed by atoms with Crippen molar-refractivity contribution in [3.8, 4) is 11.3 Å². The van der Waals surface area contributed by atoms with Gasteiger partial charge in [0.05, 0.1) is 23.7 Å². The third-order valence-corrected chi connectivity index (χ3v) is 5.17. The van der Waals surface area contributed by atoms with E-state index in [-0.39, 0.29) is 36.0 Å². The molecule has 2 fully saturated rings. The maximum atomic E-state index is 13.8. The molecule has 1 aromatic heterocycles. The van der Waals surface area contributed by atoms with Crippen molar-refractivity contribution in [3.05, 3.63) is 42.2 Å². The molecule has 2 aromatic rings. The van der Waals surface area contributed by atoms with Gasteiger partial charge in [-0.25, -0.2) is 9.37 Å². The SMILES string of the molecule is O=C1NC[C@@H]2[C@H]1CCCN2C(=O)CCc1ncc(-c2ccccc2F)o1. The molecule has 2 saturated heterocycles. The molecule has 1 N–H and O–H groups in total. The number of amides is 2. The monoisotopic (exact) mass is 357 g/mol. The van der Waals surface area contributed by atoms with E-state index in [1.54, 1.807) is 18.2 Å². The summed E-state index contributed by atoms with van der Waals surface area (Å²) in [4.78, 5) is 30.4. The number of hydrogen-bond acceptors (Lipinski definition) is 4. The van der Waals surface area contributed by atoms with Crippen LogP contribution in [0.25, 0.3) is 11.3 Å². The zero-order valence-corrected chi connectivity index (χ0v) is 14.3. The molecule has 0 radical (unpaired) electrons. The van der Waals surface area contributed by atoms with Crippen molar-refractivity contribution in [1.82, 2.24) is 15.2 Å². The van der Waals surface area contributed by atoms with Gasteiger partial charge >= 0.3 is 0 Å². The summed E-state index contributed by atoms with van der Waals surface area (Å²) in [5, 5.41) is 2.85. The predicted octanol–water partition coefficient (Wildman–Crippen LogP) is 2.15. The number of carbonyl (C=O) groups is 2. The summed E-state index contributed by atoms with van der Waals surface area (Å²) in [6.07, 6.45) is 3.77. The summed E-state index contributed by atoms with van der Waals surface area (Å²) >= 11 is 0. The summed E-state index contributed by atoms with van der Waals surface area (Å²) in [6, 6.07) is 6.30. The molecule has 2 amide bonds. The minimum atomic E-state index is -0.371. The van der Waals surface area contributed by atoms with Crippen molar-refractivity contribution in [2.75, 3.05) is 13.1 Å². The fourth-order valence-electron chi connectivity index (χ4n) is 3.83. The first-order chi connectivity index (χ1) is 12.6. The third kappa shape index (κ3) is 3.09. The molecule has 0 aliphatic carbocycles. The number of fused-ring (bicyclic) bond motifs is 1. The average Bonchev–Trinajstić information content (AvgIpc) is 3.27. The fourth-order valence-corrected chi connectivity index (χ4v) is 3.83. The number of benzene rings is 1. The molecular formula is C19H20FN3O3. The lowest BCUT2D eigenvalue weighted by Gasteiger charge is -2.35. The average molecular weight is 357 g/mol. The Bertz CT molecular complexity index is 835. The van der Waals surface area contributed by atoms with E-state index in [1.807, 2.05) is 4.90 Å². The van der Waals surface area contributed by atoms with Gasteiger partial charge in [-0.1, -0.05) is 12.1 Å². The lowest BCUT2D eigenvalue weighted by Crippen LogP contribution is -2.48. The molecule has 0 bridgehead atoms. The van der Waals surface area contributed by atoms with Crippen LogP contribution >= 0.6 is 0 Å². The van der Waals surface area contributed by atoms with Gasteiger partial charge in [0.2, 0.25) is 11.8 Å². The van der Waals surface area contributed by atoms with Gasteiger partial charge in [-0.15, -0.1) is 0 Å². The summed E-state index contributed by atoms with van der Waals surface area (Å²) in [5.41, 5.74) is 0.354. The normalized spacial score (nSPS) is 22.2. The van der Waals surface area contributed by atoms with Crippen LogP contribution in [0.3, 0.4) is 0 Å². The first-order valence-corrected chi connectivity index (χ1v) is 8.90. The molecule has 2 aliphatic heterocycles. The highest BCUT2D eigenvalue weighted by Crippen LogP contribution is 2.28. The number of rotatable bonds is 4. The van der Waals surface area contributed by atoms with Crippen LogP contribution in [0.15, 0.2) is 34.9 Å². The van der Waals surface area contributed by atoms with Crippen molar-refractivity contribution in [2.24, 2.45) is 5.92 Å². The molecule has 6 nitrogen and oxygen atoms in total. The van der Waals surface area contributed by atoms with Crippen LogP contribution in [0.4, 0.5) is 4.39 Å². The Morgan fingerprint density at radius 2 is 2.23 bits per heavy atom. The van der Waals surface area contributed by atoms with Crippen molar-refractivity contribution in [3.63, 3.8) is 0 Å². The molecule has 2 aliphatic rings. The topological polar surface area (TPSA) is 75.4 Å². The highest BCUT2D eigenvalue weighted by Gasteiger charge is 2.42.